The number of fused-ring (bicyclic) bond motifs is 2. The van der Waals surface area contributed by atoms with Gasteiger partial charge in [-0.15, -0.1) is 0 Å². The minimum absolute atomic E-state index is 0.106. The van der Waals surface area contributed by atoms with E-state index < -0.39 is 10.0 Å². The molecule has 2 aromatic heterocycles. The number of aromatic nitrogens is 2. The van der Waals surface area contributed by atoms with E-state index in [4.69, 9.17) is 0 Å². The van der Waals surface area contributed by atoms with Crippen LogP contribution in [0.4, 0.5) is 5.69 Å². The molecule has 0 amide bonds. The van der Waals surface area contributed by atoms with Gasteiger partial charge in [-0.2, -0.15) is 0 Å². The maximum absolute atomic E-state index is 12.7. The third-order valence-electron chi connectivity index (χ3n) is 3.92. The highest BCUT2D eigenvalue weighted by atomic mass is 32.2. The summed E-state index contributed by atoms with van der Waals surface area (Å²) in [6.07, 6.45) is 1.49. The average molecular weight is 371 g/mol. The molecule has 126 valence electrons. The van der Waals surface area contributed by atoms with Crippen LogP contribution in [0.25, 0.3) is 21.1 Å². The Balaban J connectivity index is 1.74. The number of pyridine rings is 1. The molecule has 0 radical (unpaired) electrons. The zero-order chi connectivity index (χ0) is 17.6. The fourth-order valence-corrected chi connectivity index (χ4v) is 4.68. The minimum atomic E-state index is -3.77. The highest BCUT2D eigenvalue weighted by molar-refractivity contribution is 7.92. The van der Waals surface area contributed by atoms with Crippen molar-refractivity contribution in [3.05, 3.63) is 64.4 Å². The van der Waals surface area contributed by atoms with Crippen LogP contribution in [0.3, 0.4) is 0 Å². The molecule has 0 aliphatic rings. The van der Waals surface area contributed by atoms with Gasteiger partial charge in [-0.05, 0) is 30.3 Å². The van der Waals surface area contributed by atoms with E-state index in [1.54, 1.807) is 19.2 Å². The smallest absolute Gasteiger partial charge is 0.302 e. The number of anilines is 1. The normalized spacial score (nSPS) is 11.9. The number of sulfonamides is 1. The lowest BCUT2D eigenvalue weighted by molar-refractivity contribution is 0.601. The number of hydrogen-bond acceptors (Lipinski definition) is 5. The van der Waals surface area contributed by atoms with Gasteiger partial charge in [-0.25, -0.2) is 8.42 Å². The molecule has 0 saturated heterocycles. The number of rotatable bonds is 3. The van der Waals surface area contributed by atoms with Crippen LogP contribution in [0.1, 0.15) is 0 Å². The van der Waals surface area contributed by atoms with Crippen molar-refractivity contribution >= 4 is 48.2 Å². The molecule has 0 fully saturated rings. The van der Waals surface area contributed by atoms with Crippen LogP contribution >= 0.6 is 11.3 Å². The average Bonchev–Trinajstić information content (AvgIpc) is 2.88. The molecule has 0 unspecified atom stereocenters. The second-order valence-electron chi connectivity index (χ2n) is 5.58. The number of thiazole rings is 1. The Morgan fingerprint density at radius 1 is 1.12 bits per heavy atom. The maximum atomic E-state index is 12.7. The van der Waals surface area contributed by atoms with Gasteiger partial charge in [-0.1, -0.05) is 29.5 Å². The van der Waals surface area contributed by atoms with Crippen molar-refractivity contribution in [1.82, 2.24) is 9.55 Å². The van der Waals surface area contributed by atoms with Gasteiger partial charge in [-0.3, -0.25) is 14.5 Å². The Labute approximate surface area is 147 Å². The molecule has 0 bridgehead atoms. The molecule has 4 rings (SSSR count). The van der Waals surface area contributed by atoms with Gasteiger partial charge < -0.3 is 4.57 Å². The third kappa shape index (κ3) is 2.79. The summed E-state index contributed by atoms with van der Waals surface area (Å²) in [5, 5.41) is 0.847. The van der Waals surface area contributed by atoms with E-state index >= 15 is 0 Å². The Hall–Kier alpha value is -2.71. The summed E-state index contributed by atoms with van der Waals surface area (Å²) in [5.41, 5.74) is 1.89. The molecular formula is C17H13N3O3S2. The lowest BCUT2D eigenvalue weighted by Crippen LogP contribution is -2.13. The van der Waals surface area contributed by atoms with Crippen LogP contribution in [-0.4, -0.2) is 18.0 Å². The van der Waals surface area contributed by atoms with Gasteiger partial charge in [0.25, 0.3) is 10.0 Å². The molecule has 25 heavy (non-hydrogen) atoms. The quantitative estimate of drug-likeness (QED) is 0.600. The van der Waals surface area contributed by atoms with Crippen molar-refractivity contribution in [3.63, 3.8) is 0 Å². The summed E-state index contributed by atoms with van der Waals surface area (Å²) in [6.45, 7) is 0. The van der Waals surface area contributed by atoms with Crippen molar-refractivity contribution in [2.45, 2.75) is 4.90 Å². The number of aryl methyl sites for hydroxylation is 1. The topological polar surface area (TPSA) is 81.1 Å². The molecule has 4 aromatic rings. The Kier molecular flexibility index (Phi) is 3.59. The number of hydrogen-bond donors (Lipinski definition) is 1. The Morgan fingerprint density at radius 3 is 2.76 bits per heavy atom. The summed E-state index contributed by atoms with van der Waals surface area (Å²) in [5.74, 6) is 0. The van der Waals surface area contributed by atoms with Crippen molar-refractivity contribution in [3.8, 4) is 0 Å². The van der Waals surface area contributed by atoms with Crippen molar-refractivity contribution in [2.24, 2.45) is 7.05 Å². The van der Waals surface area contributed by atoms with Gasteiger partial charge in [0, 0.05) is 12.4 Å². The molecule has 6 nitrogen and oxygen atoms in total. The summed E-state index contributed by atoms with van der Waals surface area (Å²) in [4.78, 5) is 16.0. The van der Waals surface area contributed by atoms with E-state index in [-0.39, 0.29) is 9.77 Å². The van der Waals surface area contributed by atoms with Gasteiger partial charge in [0.2, 0.25) is 0 Å². The van der Waals surface area contributed by atoms with Crippen LogP contribution in [0, 0.1) is 0 Å². The SMILES string of the molecule is Cn1c(=O)sc2cc(S(=O)(=O)Nc3cnc4ccccc4c3)ccc21. The van der Waals surface area contributed by atoms with Crippen LogP contribution in [-0.2, 0) is 17.1 Å². The summed E-state index contributed by atoms with van der Waals surface area (Å²) in [7, 11) is -2.11. The summed E-state index contributed by atoms with van der Waals surface area (Å²) < 4.78 is 30.0. The molecule has 2 heterocycles. The fraction of sp³-hybridized carbons (Fsp3) is 0.0588. The van der Waals surface area contributed by atoms with Crippen LogP contribution in [0.5, 0.6) is 0 Å². The molecule has 0 spiro atoms. The molecule has 0 atom stereocenters. The van der Waals surface area contributed by atoms with Gasteiger partial charge in [0.15, 0.2) is 0 Å². The Bertz CT molecular complexity index is 1270. The number of para-hydroxylation sites is 1. The third-order valence-corrected chi connectivity index (χ3v) is 6.29. The first kappa shape index (κ1) is 15.8. The zero-order valence-electron chi connectivity index (χ0n) is 13.1. The van der Waals surface area contributed by atoms with E-state index in [1.165, 1.54) is 22.9 Å². The number of nitrogens with zero attached hydrogens (tertiary/aromatic N) is 2. The number of benzene rings is 2. The standard InChI is InChI=1S/C17H13N3O3S2/c1-20-15-7-6-13(9-16(15)24-17(20)21)25(22,23)19-12-8-11-4-2-3-5-14(11)18-10-12/h2-10,19H,1H3. The molecule has 0 aliphatic heterocycles. The fourth-order valence-electron chi connectivity index (χ4n) is 2.62. The largest absolute Gasteiger partial charge is 0.307 e. The highest BCUT2D eigenvalue weighted by Crippen LogP contribution is 2.24. The van der Waals surface area contributed by atoms with Gasteiger partial charge in [0.05, 0.1) is 32.5 Å². The van der Waals surface area contributed by atoms with Gasteiger partial charge >= 0.3 is 4.87 Å². The second-order valence-corrected chi connectivity index (χ2v) is 8.25. The van der Waals surface area contributed by atoms with E-state index in [2.05, 4.69) is 9.71 Å². The molecule has 8 heteroatoms. The molecule has 2 aromatic carbocycles. The lowest BCUT2D eigenvalue weighted by atomic mass is 10.2. The first-order valence-electron chi connectivity index (χ1n) is 7.41. The van der Waals surface area contributed by atoms with Crippen LogP contribution in [0.15, 0.2) is 64.4 Å². The maximum Gasteiger partial charge on any atom is 0.307 e. The van der Waals surface area contributed by atoms with E-state index in [0.717, 1.165) is 22.2 Å². The molecule has 0 aliphatic carbocycles. The van der Waals surface area contributed by atoms with Gasteiger partial charge in [0.1, 0.15) is 0 Å². The summed E-state index contributed by atoms with van der Waals surface area (Å²) in [6, 6.07) is 13.9. The molecule has 1 N–H and O–H groups in total. The summed E-state index contributed by atoms with van der Waals surface area (Å²) >= 11 is 1.02. The second kappa shape index (κ2) is 5.68. The zero-order valence-corrected chi connectivity index (χ0v) is 14.8. The van der Waals surface area contributed by atoms with E-state index in [0.29, 0.717) is 15.9 Å². The molecular weight excluding hydrogens is 358 g/mol. The highest BCUT2D eigenvalue weighted by Gasteiger charge is 2.16. The first-order valence-corrected chi connectivity index (χ1v) is 9.71. The molecule has 0 saturated carbocycles. The van der Waals surface area contributed by atoms with Crippen molar-refractivity contribution in [1.29, 1.82) is 0 Å². The number of nitrogens with one attached hydrogen (secondary N) is 1. The van der Waals surface area contributed by atoms with Crippen LogP contribution < -0.4 is 9.60 Å². The van der Waals surface area contributed by atoms with Crippen LogP contribution in [0.2, 0.25) is 0 Å². The predicted molar refractivity (Wildman–Crippen MR) is 99.6 cm³/mol. The van der Waals surface area contributed by atoms with Crippen molar-refractivity contribution < 1.29 is 8.42 Å². The Morgan fingerprint density at radius 2 is 1.92 bits per heavy atom. The van der Waals surface area contributed by atoms with Crippen molar-refractivity contribution in [2.75, 3.05) is 4.72 Å². The predicted octanol–water partition coefficient (Wildman–Crippen LogP) is 2.95. The van der Waals surface area contributed by atoms with E-state index in [9.17, 15) is 13.2 Å². The lowest BCUT2D eigenvalue weighted by Gasteiger charge is -2.09. The minimum Gasteiger partial charge on any atom is -0.302 e. The van der Waals surface area contributed by atoms with E-state index in [1.807, 2.05) is 24.3 Å². The first-order chi connectivity index (χ1) is 11.9. The monoisotopic (exact) mass is 371 g/mol.